The Bertz CT molecular complexity index is 1120. The van der Waals surface area contributed by atoms with Gasteiger partial charge in [0.2, 0.25) is 0 Å². The predicted octanol–water partition coefficient (Wildman–Crippen LogP) is 1.73. The minimum absolute atomic E-state index is 0.0933. The van der Waals surface area contributed by atoms with Crippen LogP contribution in [0.25, 0.3) is 0 Å². The second kappa shape index (κ2) is 6.89. The highest BCUT2D eigenvalue weighted by atomic mass is 16.6. The summed E-state index contributed by atoms with van der Waals surface area (Å²) in [5.41, 5.74) is -6.64. The van der Waals surface area contributed by atoms with Crippen LogP contribution in [-0.2, 0) is 19.1 Å². The number of aliphatic hydroxyl groups excluding tert-OH is 1. The molecular formula is C28H38O8. The number of esters is 1. The Kier molecular flexibility index (Phi) is 4.73. The second-order valence-electron chi connectivity index (χ2n) is 13.0. The van der Waals surface area contributed by atoms with Crippen molar-refractivity contribution in [2.24, 2.45) is 22.7 Å². The Hall–Kier alpha value is -1.58. The van der Waals surface area contributed by atoms with Gasteiger partial charge in [0, 0.05) is 17.4 Å². The average Bonchev–Trinajstić information content (AvgIpc) is 3.51. The van der Waals surface area contributed by atoms with Crippen molar-refractivity contribution in [3.8, 4) is 0 Å². The third-order valence-corrected chi connectivity index (χ3v) is 12.1. The van der Waals surface area contributed by atoms with E-state index >= 15 is 0 Å². The summed E-state index contributed by atoms with van der Waals surface area (Å²) >= 11 is 0. The highest BCUT2D eigenvalue weighted by Crippen LogP contribution is 2.75. The van der Waals surface area contributed by atoms with Crippen molar-refractivity contribution in [3.05, 3.63) is 23.3 Å². The van der Waals surface area contributed by atoms with Gasteiger partial charge in [0.05, 0.1) is 17.1 Å². The van der Waals surface area contributed by atoms with Crippen molar-refractivity contribution >= 4 is 11.8 Å². The van der Waals surface area contributed by atoms with Crippen molar-refractivity contribution in [2.45, 2.75) is 114 Å². The number of carbonyl (C=O) groups excluding carboxylic acids is 2. The fourth-order valence-electron chi connectivity index (χ4n) is 9.42. The minimum atomic E-state index is -1.81. The second-order valence-corrected chi connectivity index (χ2v) is 13.0. The van der Waals surface area contributed by atoms with Gasteiger partial charge in [-0.2, -0.15) is 0 Å². The Morgan fingerprint density at radius 1 is 1.08 bits per heavy atom. The van der Waals surface area contributed by atoms with Crippen LogP contribution in [0.3, 0.4) is 0 Å². The van der Waals surface area contributed by atoms with Gasteiger partial charge in [-0.25, -0.2) is 4.79 Å². The smallest absolute Gasteiger partial charge is 0.334 e. The summed E-state index contributed by atoms with van der Waals surface area (Å²) in [6, 6.07) is 0. The molecule has 0 aromatic rings. The van der Waals surface area contributed by atoms with Gasteiger partial charge in [-0.3, -0.25) is 4.79 Å². The number of allylic oxidation sites excluding steroid dienone is 1. The quantitative estimate of drug-likeness (QED) is 0.331. The van der Waals surface area contributed by atoms with E-state index in [2.05, 4.69) is 0 Å². The van der Waals surface area contributed by atoms with Crippen LogP contribution in [0.15, 0.2) is 23.3 Å². The Balaban J connectivity index is 1.39. The summed E-state index contributed by atoms with van der Waals surface area (Å²) in [5.74, 6) is -1.19. The highest BCUT2D eigenvalue weighted by Gasteiger charge is 2.84. The standard InChI is InChI=1S/C28H38O8/c1-14-12-20(35-22(31)15(14)2)25(5,32)27(34)11-10-26(33)17-13-21-28(36-21)19(30)7-6-18(29)24(28,4)16(17)8-9-23(26,27)3/h6-7,16-17,19-21,30,32-34H,8-13H2,1-5H3/t16-,17-,19+,20-,21-,23+,24+,25+,26-,27+,28-/m1/s1. The van der Waals surface area contributed by atoms with Gasteiger partial charge in [0.15, 0.2) is 5.78 Å². The molecule has 36 heavy (non-hydrogen) atoms. The molecule has 1 saturated heterocycles. The molecule has 6 aliphatic rings. The molecule has 8 nitrogen and oxygen atoms in total. The number of ketones is 1. The maximum Gasteiger partial charge on any atom is 0.334 e. The highest BCUT2D eigenvalue weighted by molar-refractivity contribution is 5.98. The van der Waals surface area contributed by atoms with Crippen LogP contribution in [0.4, 0.5) is 0 Å². The number of carbonyl (C=O) groups is 2. The van der Waals surface area contributed by atoms with E-state index in [9.17, 15) is 30.0 Å². The number of aliphatic hydroxyl groups is 4. The lowest BCUT2D eigenvalue weighted by molar-refractivity contribution is -0.283. The SMILES string of the molecule is CC1=C(C)C(=O)O[C@@H]([C@](C)(O)[C@]2(O)CC[C@@]3(O)[C@@H]4C[C@H]5O[C@]56[C@@H](O)C=CC(=O)[C@]6(C)[C@@H]4CC[C@]23C)C1. The number of ether oxygens (including phenoxy) is 2. The molecule has 3 saturated carbocycles. The van der Waals surface area contributed by atoms with E-state index < -0.39 is 51.4 Å². The normalized spacial score (nSPS) is 55.2. The van der Waals surface area contributed by atoms with E-state index in [4.69, 9.17) is 9.47 Å². The van der Waals surface area contributed by atoms with Crippen LogP contribution in [0.2, 0.25) is 0 Å². The van der Waals surface area contributed by atoms with E-state index in [1.54, 1.807) is 6.92 Å². The fourth-order valence-corrected chi connectivity index (χ4v) is 9.42. The van der Waals surface area contributed by atoms with Crippen LogP contribution in [-0.4, -0.2) is 72.9 Å². The van der Waals surface area contributed by atoms with Gasteiger partial charge in [-0.1, -0.05) is 12.5 Å². The monoisotopic (exact) mass is 502 g/mol. The van der Waals surface area contributed by atoms with Gasteiger partial charge < -0.3 is 29.9 Å². The molecule has 1 spiro atoms. The number of cyclic esters (lactones) is 1. The number of rotatable bonds is 2. The molecule has 198 valence electrons. The van der Waals surface area contributed by atoms with E-state index in [0.717, 1.165) is 5.57 Å². The number of hydrogen-bond acceptors (Lipinski definition) is 8. The number of epoxide rings is 1. The van der Waals surface area contributed by atoms with Crippen LogP contribution in [0.5, 0.6) is 0 Å². The first-order valence-electron chi connectivity index (χ1n) is 13.2. The van der Waals surface area contributed by atoms with Crippen LogP contribution >= 0.6 is 0 Å². The topological polar surface area (TPSA) is 137 Å². The Labute approximate surface area is 211 Å². The molecule has 0 unspecified atom stereocenters. The molecule has 8 heteroatoms. The van der Waals surface area contributed by atoms with Crippen LogP contribution < -0.4 is 0 Å². The summed E-state index contributed by atoms with van der Waals surface area (Å²) < 4.78 is 11.7. The first-order chi connectivity index (χ1) is 16.6. The zero-order valence-electron chi connectivity index (χ0n) is 21.7. The Morgan fingerprint density at radius 2 is 1.78 bits per heavy atom. The van der Waals surface area contributed by atoms with Crippen molar-refractivity contribution in [1.29, 1.82) is 0 Å². The molecule has 4 fully saturated rings. The third kappa shape index (κ3) is 2.40. The van der Waals surface area contributed by atoms with Crippen LogP contribution in [0, 0.1) is 22.7 Å². The summed E-state index contributed by atoms with van der Waals surface area (Å²) in [6.45, 7) is 8.73. The van der Waals surface area contributed by atoms with Crippen molar-refractivity contribution in [3.63, 3.8) is 0 Å². The minimum Gasteiger partial charge on any atom is -0.455 e. The summed E-state index contributed by atoms with van der Waals surface area (Å²) in [5, 5.41) is 47.5. The molecule has 11 atom stereocenters. The summed E-state index contributed by atoms with van der Waals surface area (Å²) in [4.78, 5) is 25.8. The van der Waals surface area contributed by atoms with E-state index in [1.807, 2.05) is 20.8 Å². The molecule has 2 heterocycles. The van der Waals surface area contributed by atoms with Gasteiger partial charge >= 0.3 is 5.97 Å². The molecular weight excluding hydrogens is 464 g/mol. The van der Waals surface area contributed by atoms with Gasteiger partial charge in [0.1, 0.15) is 29.0 Å². The molecule has 4 N–H and O–H groups in total. The zero-order valence-corrected chi connectivity index (χ0v) is 21.7. The molecule has 0 amide bonds. The lowest BCUT2D eigenvalue weighted by Crippen LogP contribution is -2.73. The molecule has 0 aromatic carbocycles. The molecule has 6 rings (SSSR count). The van der Waals surface area contributed by atoms with Gasteiger partial charge in [-0.05, 0) is 83.8 Å². The molecule has 2 aliphatic heterocycles. The van der Waals surface area contributed by atoms with Gasteiger partial charge in [0.25, 0.3) is 0 Å². The molecule has 0 aromatic heterocycles. The summed E-state index contributed by atoms with van der Waals surface area (Å²) in [7, 11) is 0. The maximum atomic E-state index is 13.3. The van der Waals surface area contributed by atoms with Gasteiger partial charge in [-0.15, -0.1) is 0 Å². The predicted molar refractivity (Wildman–Crippen MR) is 127 cm³/mol. The van der Waals surface area contributed by atoms with Crippen molar-refractivity contribution in [2.75, 3.05) is 0 Å². The van der Waals surface area contributed by atoms with E-state index in [0.29, 0.717) is 31.3 Å². The van der Waals surface area contributed by atoms with Crippen molar-refractivity contribution in [1.82, 2.24) is 0 Å². The molecule has 0 bridgehead atoms. The first-order valence-corrected chi connectivity index (χ1v) is 13.2. The van der Waals surface area contributed by atoms with Crippen molar-refractivity contribution < 1.29 is 39.5 Å². The lowest BCUT2D eigenvalue weighted by atomic mass is 9.42. The largest absolute Gasteiger partial charge is 0.455 e. The van der Waals surface area contributed by atoms with E-state index in [-0.39, 0.29) is 36.6 Å². The number of hydrogen-bond donors (Lipinski definition) is 4. The first kappa shape index (κ1) is 24.7. The maximum absolute atomic E-state index is 13.3. The molecule has 4 aliphatic carbocycles. The Morgan fingerprint density at radius 3 is 2.44 bits per heavy atom. The third-order valence-electron chi connectivity index (χ3n) is 12.1. The van der Waals surface area contributed by atoms with E-state index in [1.165, 1.54) is 19.1 Å². The zero-order chi connectivity index (χ0) is 26.3. The summed E-state index contributed by atoms with van der Waals surface area (Å²) in [6.07, 6.45) is 2.84. The fraction of sp³-hybridized carbons (Fsp3) is 0.786. The number of fused-ring (bicyclic) bond motifs is 4. The molecule has 0 radical (unpaired) electrons. The van der Waals surface area contributed by atoms with Crippen LogP contribution in [0.1, 0.15) is 73.1 Å². The average molecular weight is 503 g/mol. The lowest BCUT2D eigenvalue weighted by Gasteiger charge is -2.63.